The van der Waals surface area contributed by atoms with E-state index in [1.54, 1.807) is 7.11 Å². The molecule has 3 nitrogen and oxygen atoms in total. The van der Waals surface area contributed by atoms with Gasteiger partial charge in [-0.3, -0.25) is 0 Å². The zero-order valence-electron chi connectivity index (χ0n) is 12.5. The summed E-state index contributed by atoms with van der Waals surface area (Å²) in [6.07, 6.45) is 7.53. The summed E-state index contributed by atoms with van der Waals surface area (Å²) in [5.41, 5.74) is 1.85. The number of methoxy groups -OCH3 is 1. The van der Waals surface area contributed by atoms with Crippen molar-refractivity contribution in [3.63, 3.8) is 0 Å². The third-order valence-corrected chi connectivity index (χ3v) is 4.24. The van der Waals surface area contributed by atoms with Crippen LogP contribution in [-0.4, -0.2) is 31.0 Å². The number of rotatable bonds is 6. The van der Waals surface area contributed by atoms with E-state index in [1.807, 2.05) is 6.07 Å². The molecule has 0 radical (unpaired) electrons. The van der Waals surface area contributed by atoms with Crippen molar-refractivity contribution in [1.82, 2.24) is 0 Å². The molecule has 20 heavy (non-hydrogen) atoms. The number of benzene rings is 1. The van der Waals surface area contributed by atoms with Gasteiger partial charge >= 0.3 is 0 Å². The van der Waals surface area contributed by atoms with Gasteiger partial charge in [-0.25, -0.2) is 0 Å². The Balaban J connectivity index is 1.95. The van der Waals surface area contributed by atoms with Crippen molar-refractivity contribution >= 4 is 5.69 Å². The monoisotopic (exact) mass is 277 g/mol. The fourth-order valence-electron chi connectivity index (χ4n) is 2.95. The molecule has 0 atom stereocenters. The molecule has 112 valence electrons. The van der Waals surface area contributed by atoms with E-state index < -0.39 is 5.60 Å². The van der Waals surface area contributed by atoms with Crippen LogP contribution in [0.4, 0.5) is 5.69 Å². The van der Waals surface area contributed by atoms with Crippen LogP contribution in [0.2, 0.25) is 0 Å². The Morgan fingerprint density at radius 2 is 1.85 bits per heavy atom. The molecule has 2 N–H and O–H groups in total. The van der Waals surface area contributed by atoms with Crippen LogP contribution in [0, 0.1) is 0 Å². The zero-order chi connectivity index (χ0) is 14.3. The summed E-state index contributed by atoms with van der Waals surface area (Å²) in [5, 5.41) is 14.1. The molecule has 0 saturated heterocycles. The minimum absolute atomic E-state index is 0.537. The molecule has 0 heterocycles. The maximum absolute atomic E-state index is 10.7. The van der Waals surface area contributed by atoms with Gasteiger partial charge in [0.15, 0.2) is 0 Å². The van der Waals surface area contributed by atoms with Crippen LogP contribution in [0.25, 0.3) is 0 Å². The number of anilines is 1. The van der Waals surface area contributed by atoms with Crippen LogP contribution in [0.5, 0.6) is 0 Å². The average Bonchev–Trinajstić information content (AvgIpc) is 2.69. The van der Waals surface area contributed by atoms with Crippen LogP contribution in [0.15, 0.2) is 24.3 Å². The maximum Gasteiger partial charge on any atom is 0.0819 e. The van der Waals surface area contributed by atoms with Gasteiger partial charge in [0.05, 0.1) is 12.2 Å². The van der Waals surface area contributed by atoms with E-state index in [9.17, 15) is 5.11 Å². The number of aliphatic hydroxyl groups is 1. The first-order valence-corrected chi connectivity index (χ1v) is 7.77. The molecule has 1 aliphatic carbocycles. The third kappa shape index (κ3) is 4.50. The van der Waals surface area contributed by atoms with E-state index >= 15 is 0 Å². The second-order valence-electron chi connectivity index (χ2n) is 5.89. The van der Waals surface area contributed by atoms with Gasteiger partial charge in [-0.05, 0) is 30.9 Å². The summed E-state index contributed by atoms with van der Waals surface area (Å²) in [7, 11) is 1.73. The topological polar surface area (TPSA) is 41.5 Å². The molecule has 2 rings (SSSR count). The van der Waals surface area contributed by atoms with Crippen LogP contribution in [0.3, 0.4) is 0 Å². The summed E-state index contributed by atoms with van der Waals surface area (Å²) in [5.74, 6) is 0. The second kappa shape index (κ2) is 7.65. The predicted molar refractivity (Wildman–Crippen MR) is 83.2 cm³/mol. The van der Waals surface area contributed by atoms with Crippen molar-refractivity contribution < 1.29 is 9.84 Å². The van der Waals surface area contributed by atoms with Crippen molar-refractivity contribution in [2.75, 3.05) is 25.6 Å². The normalized spacial score (nSPS) is 18.5. The summed E-state index contributed by atoms with van der Waals surface area (Å²) in [6.45, 7) is 1.37. The molecular formula is C17H27NO2. The average molecular weight is 277 g/mol. The number of para-hydroxylation sites is 1. The van der Waals surface area contributed by atoms with Gasteiger partial charge in [0.1, 0.15) is 0 Å². The van der Waals surface area contributed by atoms with Crippen LogP contribution < -0.4 is 5.32 Å². The molecule has 0 aliphatic heterocycles. The van der Waals surface area contributed by atoms with Gasteiger partial charge in [0.2, 0.25) is 0 Å². The number of nitrogens with one attached hydrogen (secondary N) is 1. The molecule has 0 spiro atoms. The Kier molecular flexibility index (Phi) is 5.86. The predicted octanol–water partition coefficient (Wildman–Crippen LogP) is 3.37. The van der Waals surface area contributed by atoms with Crippen LogP contribution in [-0.2, 0) is 11.2 Å². The molecule has 0 bridgehead atoms. The van der Waals surface area contributed by atoms with Crippen LogP contribution >= 0.6 is 0 Å². The standard InChI is InChI=1S/C17H27NO2/c1-20-13-10-15-8-4-5-9-16(15)18-14-17(19)11-6-2-3-7-12-17/h4-5,8-9,18-19H,2-3,6-7,10-14H2,1H3. The van der Waals surface area contributed by atoms with Crippen molar-refractivity contribution in [3.8, 4) is 0 Å². The zero-order valence-corrected chi connectivity index (χ0v) is 12.5. The van der Waals surface area contributed by atoms with E-state index in [1.165, 1.54) is 18.4 Å². The molecule has 1 saturated carbocycles. The first-order valence-electron chi connectivity index (χ1n) is 7.77. The second-order valence-corrected chi connectivity index (χ2v) is 5.89. The largest absolute Gasteiger partial charge is 0.388 e. The number of ether oxygens (including phenoxy) is 1. The number of hydrogen-bond acceptors (Lipinski definition) is 3. The van der Waals surface area contributed by atoms with Crippen LogP contribution in [0.1, 0.15) is 44.1 Å². The fourth-order valence-corrected chi connectivity index (χ4v) is 2.95. The smallest absolute Gasteiger partial charge is 0.0819 e. The van der Waals surface area contributed by atoms with Gasteiger partial charge in [-0.1, -0.05) is 43.9 Å². The molecule has 0 unspecified atom stereocenters. The van der Waals surface area contributed by atoms with Crippen molar-refractivity contribution in [3.05, 3.63) is 29.8 Å². The Hall–Kier alpha value is -1.06. The molecule has 0 aromatic heterocycles. The Labute approximate surface area is 122 Å². The van der Waals surface area contributed by atoms with Gasteiger partial charge in [0.25, 0.3) is 0 Å². The highest BCUT2D eigenvalue weighted by Gasteiger charge is 2.27. The van der Waals surface area contributed by atoms with Crippen molar-refractivity contribution in [2.45, 2.75) is 50.5 Å². The Morgan fingerprint density at radius 3 is 2.55 bits per heavy atom. The Morgan fingerprint density at radius 1 is 1.15 bits per heavy atom. The number of hydrogen-bond donors (Lipinski definition) is 2. The molecule has 1 aromatic carbocycles. The third-order valence-electron chi connectivity index (χ3n) is 4.24. The quantitative estimate of drug-likeness (QED) is 0.783. The molecule has 3 heteroatoms. The van der Waals surface area contributed by atoms with Gasteiger partial charge in [-0.2, -0.15) is 0 Å². The lowest BCUT2D eigenvalue weighted by atomic mass is 9.94. The summed E-state index contributed by atoms with van der Waals surface area (Å²) in [4.78, 5) is 0. The highest BCUT2D eigenvalue weighted by atomic mass is 16.5. The lowest BCUT2D eigenvalue weighted by molar-refractivity contribution is 0.0381. The van der Waals surface area contributed by atoms with E-state index in [2.05, 4.69) is 23.5 Å². The fraction of sp³-hybridized carbons (Fsp3) is 0.647. The summed E-state index contributed by atoms with van der Waals surface area (Å²) in [6, 6.07) is 8.30. The van der Waals surface area contributed by atoms with Crippen molar-refractivity contribution in [2.24, 2.45) is 0 Å². The molecule has 1 aliphatic rings. The van der Waals surface area contributed by atoms with Gasteiger partial charge < -0.3 is 15.2 Å². The van der Waals surface area contributed by atoms with E-state index in [4.69, 9.17) is 4.74 Å². The van der Waals surface area contributed by atoms with E-state index in [0.29, 0.717) is 6.54 Å². The Bertz CT molecular complexity index is 398. The van der Waals surface area contributed by atoms with Gasteiger partial charge in [-0.15, -0.1) is 0 Å². The molecular weight excluding hydrogens is 250 g/mol. The molecule has 1 aromatic rings. The summed E-state index contributed by atoms with van der Waals surface area (Å²) >= 11 is 0. The first-order chi connectivity index (χ1) is 9.73. The van der Waals surface area contributed by atoms with Gasteiger partial charge in [0, 0.05) is 19.3 Å². The van der Waals surface area contributed by atoms with E-state index in [0.717, 1.165) is 44.4 Å². The highest BCUT2D eigenvalue weighted by molar-refractivity contribution is 5.51. The molecule has 1 fully saturated rings. The SMILES string of the molecule is COCCc1ccccc1NCC1(O)CCCCCC1. The first kappa shape index (κ1) is 15.3. The minimum atomic E-state index is -0.537. The lowest BCUT2D eigenvalue weighted by Crippen LogP contribution is -2.36. The maximum atomic E-state index is 10.7. The lowest BCUT2D eigenvalue weighted by Gasteiger charge is -2.28. The summed E-state index contributed by atoms with van der Waals surface area (Å²) < 4.78 is 5.15. The van der Waals surface area contributed by atoms with Crippen molar-refractivity contribution in [1.29, 1.82) is 0 Å². The minimum Gasteiger partial charge on any atom is -0.388 e. The highest BCUT2D eigenvalue weighted by Crippen LogP contribution is 2.28. The van der Waals surface area contributed by atoms with E-state index in [-0.39, 0.29) is 0 Å². The molecule has 0 amide bonds.